The lowest BCUT2D eigenvalue weighted by Crippen LogP contribution is -1.86. The summed E-state index contributed by atoms with van der Waals surface area (Å²) in [7, 11) is 0. The third-order valence-electron chi connectivity index (χ3n) is 4.41. The fraction of sp³-hybridized carbons (Fsp3) is 0. The van der Waals surface area contributed by atoms with Gasteiger partial charge in [0.15, 0.2) is 0 Å². The summed E-state index contributed by atoms with van der Waals surface area (Å²) in [6.45, 7) is 0. The van der Waals surface area contributed by atoms with Gasteiger partial charge < -0.3 is 15.3 Å². The molecule has 3 heteroatoms. The molecule has 0 radical (unpaired) electrons. The summed E-state index contributed by atoms with van der Waals surface area (Å²) in [5.74, 6) is 0.167. The highest BCUT2D eigenvalue weighted by Crippen LogP contribution is 2.45. The Labute approximate surface area is 145 Å². The minimum Gasteiger partial charge on any atom is -0.507 e. The number of fused-ring (bicyclic) bond motifs is 1. The molecule has 0 aliphatic heterocycles. The molecule has 3 nitrogen and oxygen atoms in total. The first-order valence-corrected chi connectivity index (χ1v) is 7.98. The van der Waals surface area contributed by atoms with E-state index in [1.807, 2.05) is 42.5 Å². The lowest BCUT2D eigenvalue weighted by molar-refractivity contribution is 0.467. The number of hydrogen-bond donors (Lipinski definition) is 3. The molecule has 0 amide bonds. The molecule has 0 aliphatic carbocycles. The van der Waals surface area contributed by atoms with Gasteiger partial charge in [0.1, 0.15) is 17.2 Å². The number of para-hydroxylation sites is 1. The van der Waals surface area contributed by atoms with E-state index in [-0.39, 0.29) is 17.2 Å². The van der Waals surface area contributed by atoms with Crippen LogP contribution in [-0.2, 0) is 0 Å². The van der Waals surface area contributed by atoms with Crippen LogP contribution in [-0.4, -0.2) is 15.3 Å². The van der Waals surface area contributed by atoms with Gasteiger partial charge in [-0.05, 0) is 11.6 Å². The number of hydrogen-bond acceptors (Lipinski definition) is 3. The second-order valence-corrected chi connectivity index (χ2v) is 5.91. The van der Waals surface area contributed by atoms with Gasteiger partial charge in [0.2, 0.25) is 0 Å². The number of benzene rings is 4. The highest BCUT2D eigenvalue weighted by Gasteiger charge is 2.17. The van der Waals surface area contributed by atoms with Crippen molar-refractivity contribution in [2.75, 3.05) is 0 Å². The normalized spacial score (nSPS) is 10.9. The molecular weight excluding hydrogens is 312 g/mol. The molecule has 0 atom stereocenters. The van der Waals surface area contributed by atoms with Crippen LogP contribution in [0.3, 0.4) is 0 Å². The number of phenols is 3. The van der Waals surface area contributed by atoms with Gasteiger partial charge in [0.25, 0.3) is 0 Å². The number of phenolic OH excluding ortho intramolecular Hbond substituents is 3. The zero-order valence-corrected chi connectivity index (χ0v) is 13.3. The predicted octanol–water partition coefficient (Wildman–Crippen LogP) is 5.29. The van der Waals surface area contributed by atoms with Crippen LogP contribution in [0.25, 0.3) is 33.0 Å². The first-order valence-electron chi connectivity index (χ1n) is 7.98. The van der Waals surface area contributed by atoms with E-state index in [1.54, 1.807) is 30.3 Å². The van der Waals surface area contributed by atoms with E-state index in [4.69, 9.17) is 0 Å². The largest absolute Gasteiger partial charge is 0.507 e. The van der Waals surface area contributed by atoms with Gasteiger partial charge in [-0.2, -0.15) is 0 Å². The van der Waals surface area contributed by atoms with E-state index in [0.29, 0.717) is 27.5 Å². The molecule has 0 saturated carbocycles. The van der Waals surface area contributed by atoms with E-state index in [2.05, 4.69) is 0 Å². The Hall–Kier alpha value is -3.46. The van der Waals surface area contributed by atoms with Crippen LogP contribution in [0.2, 0.25) is 0 Å². The van der Waals surface area contributed by atoms with Gasteiger partial charge in [-0.1, -0.05) is 72.8 Å². The Kier molecular flexibility index (Phi) is 3.55. The molecule has 122 valence electrons. The maximum atomic E-state index is 10.8. The van der Waals surface area contributed by atoms with Gasteiger partial charge in [0.05, 0.1) is 0 Å². The summed E-state index contributed by atoms with van der Waals surface area (Å²) in [6.07, 6.45) is 0. The van der Waals surface area contributed by atoms with Crippen LogP contribution in [0, 0.1) is 0 Å². The van der Waals surface area contributed by atoms with Crippen LogP contribution < -0.4 is 0 Å². The molecule has 0 aliphatic rings. The van der Waals surface area contributed by atoms with Crippen LogP contribution in [0.1, 0.15) is 0 Å². The van der Waals surface area contributed by atoms with Crippen molar-refractivity contribution in [2.24, 2.45) is 0 Å². The quantitative estimate of drug-likeness (QED) is 0.438. The molecule has 4 rings (SSSR count). The summed E-state index contributed by atoms with van der Waals surface area (Å²) in [5.41, 5.74) is 2.42. The predicted molar refractivity (Wildman–Crippen MR) is 99.8 cm³/mol. The standard InChI is InChI=1S/C22H16O3/c23-20-13-19(22(25)17-10-5-4-9-16(17)20)18-12-6-11-15(21(18)24)14-7-2-1-3-8-14/h1-13,23-25H. The van der Waals surface area contributed by atoms with Gasteiger partial charge >= 0.3 is 0 Å². The van der Waals surface area contributed by atoms with Gasteiger partial charge in [-0.15, -0.1) is 0 Å². The van der Waals surface area contributed by atoms with Gasteiger partial charge in [-0.3, -0.25) is 0 Å². The average molecular weight is 328 g/mol. The highest BCUT2D eigenvalue weighted by molar-refractivity contribution is 6.00. The molecule has 25 heavy (non-hydrogen) atoms. The molecule has 0 aromatic heterocycles. The molecule has 3 N–H and O–H groups in total. The fourth-order valence-electron chi connectivity index (χ4n) is 3.16. The SMILES string of the molecule is Oc1c(-c2ccccc2)cccc1-c1cc(O)c2ccccc2c1O. The van der Waals surface area contributed by atoms with E-state index >= 15 is 0 Å². The van der Waals surface area contributed by atoms with Crippen molar-refractivity contribution in [3.63, 3.8) is 0 Å². The smallest absolute Gasteiger partial charge is 0.131 e. The minimum atomic E-state index is 0.0360. The van der Waals surface area contributed by atoms with Crippen LogP contribution in [0.4, 0.5) is 0 Å². The molecule has 4 aromatic carbocycles. The monoisotopic (exact) mass is 328 g/mol. The Morgan fingerprint density at radius 3 is 1.88 bits per heavy atom. The van der Waals surface area contributed by atoms with Crippen molar-refractivity contribution in [1.82, 2.24) is 0 Å². The van der Waals surface area contributed by atoms with Crippen molar-refractivity contribution in [2.45, 2.75) is 0 Å². The third kappa shape index (κ3) is 2.46. The summed E-state index contributed by atoms with van der Waals surface area (Å²) >= 11 is 0. The number of rotatable bonds is 2. The zero-order valence-electron chi connectivity index (χ0n) is 13.3. The Morgan fingerprint density at radius 1 is 0.480 bits per heavy atom. The Balaban J connectivity index is 1.98. The molecule has 0 spiro atoms. The molecule has 0 unspecified atom stereocenters. The van der Waals surface area contributed by atoms with E-state index in [9.17, 15) is 15.3 Å². The van der Waals surface area contributed by atoms with Crippen LogP contribution in [0.5, 0.6) is 17.2 Å². The fourth-order valence-corrected chi connectivity index (χ4v) is 3.16. The summed E-state index contributed by atoms with van der Waals surface area (Å²) in [4.78, 5) is 0. The average Bonchev–Trinajstić information content (AvgIpc) is 2.66. The van der Waals surface area contributed by atoms with E-state index < -0.39 is 0 Å². The minimum absolute atomic E-state index is 0.0360. The third-order valence-corrected chi connectivity index (χ3v) is 4.41. The summed E-state index contributed by atoms with van der Waals surface area (Å²) in [6, 6.07) is 23.5. The first kappa shape index (κ1) is 15.1. The van der Waals surface area contributed by atoms with Crippen molar-refractivity contribution in [1.29, 1.82) is 0 Å². The maximum Gasteiger partial charge on any atom is 0.131 e. The molecule has 0 bridgehead atoms. The molecular formula is C22H16O3. The van der Waals surface area contributed by atoms with Crippen LogP contribution >= 0.6 is 0 Å². The van der Waals surface area contributed by atoms with E-state index in [0.717, 1.165) is 5.56 Å². The highest BCUT2D eigenvalue weighted by atomic mass is 16.3. The lowest BCUT2D eigenvalue weighted by Gasteiger charge is -2.14. The summed E-state index contributed by atoms with van der Waals surface area (Å²) < 4.78 is 0. The molecule has 0 heterocycles. The maximum absolute atomic E-state index is 10.8. The zero-order chi connectivity index (χ0) is 17.4. The van der Waals surface area contributed by atoms with Crippen LogP contribution in [0.15, 0.2) is 78.9 Å². The second-order valence-electron chi connectivity index (χ2n) is 5.91. The first-order chi connectivity index (χ1) is 12.2. The van der Waals surface area contributed by atoms with Crippen molar-refractivity contribution < 1.29 is 15.3 Å². The molecule has 0 fully saturated rings. The number of aromatic hydroxyl groups is 3. The Morgan fingerprint density at radius 2 is 1.12 bits per heavy atom. The summed E-state index contributed by atoms with van der Waals surface area (Å²) in [5, 5.41) is 32.9. The topological polar surface area (TPSA) is 60.7 Å². The van der Waals surface area contributed by atoms with Gasteiger partial charge in [-0.25, -0.2) is 0 Å². The van der Waals surface area contributed by atoms with Crippen molar-refractivity contribution in [3.05, 3.63) is 78.9 Å². The lowest BCUT2D eigenvalue weighted by atomic mass is 9.94. The van der Waals surface area contributed by atoms with E-state index in [1.165, 1.54) is 6.07 Å². The second kappa shape index (κ2) is 5.87. The Bertz CT molecular complexity index is 1070. The van der Waals surface area contributed by atoms with Crippen molar-refractivity contribution in [3.8, 4) is 39.5 Å². The molecule has 0 saturated heterocycles. The van der Waals surface area contributed by atoms with Gasteiger partial charge in [0, 0.05) is 27.5 Å². The molecule has 4 aromatic rings. The van der Waals surface area contributed by atoms with Crippen molar-refractivity contribution >= 4 is 10.8 Å².